The fourth-order valence-electron chi connectivity index (χ4n) is 2.05. The van der Waals surface area contributed by atoms with Crippen molar-refractivity contribution in [2.75, 3.05) is 20.1 Å². The zero-order valence-electron chi connectivity index (χ0n) is 10.5. The molecule has 1 rings (SSSR count). The van der Waals surface area contributed by atoms with Crippen molar-refractivity contribution in [1.82, 2.24) is 4.90 Å². The summed E-state index contributed by atoms with van der Waals surface area (Å²) < 4.78 is 0. The van der Waals surface area contributed by atoms with Gasteiger partial charge in [0.05, 0.1) is 0 Å². The third-order valence-corrected chi connectivity index (χ3v) is 2.82. The second-order valence-electron chi connectivity index (χ2n) is 4.72. The van der Waals surface area contributed by atoms with Gasteiger partial charge in [0.2, 0.25) is 0 Å². The normalized spacial score (nSPS) is 13.0. The molecule has 0 aliphatic rings. The number of nitrogens with two attached hydrogens (primary N) is 1. The zero-order valence-corrected chi connectivity index (χ0v) is 10.5. The van der Waals surface area contributed by atoms with E-state index in [9.17, 15) is 0 Å². The molecular formula is C14H24N2. The van der Waals surface area contributed by atoms with Gasteiger partial charge in [-0.2, -0.15) is 0 Å². The summed E-state index contributed by atoms with van der Waals surface area (Å²) in [4.78, 5) is 2.39. The van der Waals surface area contributed by atoms with E-state index in [0.717, 1.165) is 32.0 Å². The minimum atomic E-state index is 0.734. The second kappa shape index (κ2) is 7.42. The Bertz CT molecular complexity index is 271. The largest absolute Gasteiger partial charge is 0.330 e. The van der Waals surface area contributed by atoms with Gasteiger partial charge >= 0.3 is 0 Å². The topological polar surface area (TPSA) is 29.3 Å². The quantitative estimate of drug-likeness (QED) is 0.765. The fraction of sp³-hybridized carbons (Fsp3) is 0.571. The van der Waals surface area contributed by atoms with Gasteiger partial charge in [-0.25, -0.2) is 0 Å². The molecule has 0 aromatic heterocycles. The number of rotatable bonds is 7. The summed E-state index contributed by atoms with van der Waals surface area (Å²) in [5.74, 6) is 0.734. The molecule has 2 nitrogen and oxygen atoms in total. The molecule has 0 bridgehead atoms. The van der Waals surface area contributed by atoms with Crippen LogP contribution in [0.2, 0.25) is 0 Å². The summed E-state index contributed by atoms with van der Waals surface area (Å²) in [5.41, 5.74) is 6.90. The first-order valence-electron chi connectivity index (χ1n) is 6.15. The number of nitrogens with zero attached hydrogens (tertiary/aromatic N) is 1. The number of benzene rings is 1. The molecule has 2 N–H and O–H groups in total. The Hall–Kier alpha value is -0.860. The minimum Gasteiger partial charge on any atom is -0.330 e. The average molecular weight is 220 g/mol. The molecule has 0 spiro atoms. The lowest BCUT2D eigenvalue weighted by atomic mass is 10.0. The fourth-order valence-corrected chi connectivity index (χ4v) is 2.05. The van der Waals surface area contributed by atoms with E-state index in [-0.39, 0.29) is 0 Å². The molecule has 90 valence electrons. The van der Waals surface area contributed by atoms with E-state index in [1.807, 2.05) is 0 Å². The van der Waals surface area contributed by atoms with E-state index >= 15 is 0 Å². The van der Waals surface area contributed by atoms with E-state index < -0.39 is 0 Å². The molecule has 2 heteroatoms. The molecule has 1 aromatic rings. The summed E-state index contributed by atoms with van der Waals surface area (Å²) in [7, 11) is 2.19. The smallest absolute Gasteiger partial charge is 0.0230 e. The SMILES string of the molecule is CC(CCCN)CN(C)Cc1ccccc1. The molecule has 0 aliphatic heterocycles. The maximum absolute atomic E-state index is 5.52. The Balaban J connectivity index is 2.27. The first kappa shape index (κ1) is 13.2. The van der Waals surface area contributed by atoms with Crippen molar-refractivity contribution in [2.24, 2.45) is 11.7 Å². The predicted molar refractivity (Wildman–Crippen MR) is 70.2 cm³/mol. The summed E-state index contributed by atoms with van der Waals surface area (Å²) in [6.45, 7) is 5.30. The molecule has 0 heterocycles. The lowest BCUT2D eigenvalue weighted by Crippen LogP contribution is -2.24. The maximum atomic E-state index is 5.52. The van der Waals surface area contributed by atoms with Crippen LogP contribution in [0.1, 0.15) is 25.3 Å². The molecule has 0 fully saturated rings. The molecule has 0 radical (unpaired) electrons. The van der Waals surface area contributed by atoms with Crippen LogP contribution < -0.4 is 5.73 Å². The summed E-state index contributed by atoms with van der Waals surface area (Å²) >= 11 is 0. The highest BCUT2D eigenvalue weighted by atomic mass is 15.1. The van der Waals surface area contributed by atoms with Gasteiger partial charge in [-0.3, -0.25) is 0 Å². The Kier molecular flexibility index (Phi) is 6.12. The van der Waals surface area contributed by atoms with Gasteiger partial charge in [0, 0.05) is 13.1 Å². The van der Waals surface area contributed by atoms with Crippen molar-refractivity contribution >= 4 is 0 Å². The highest BCUT2D eigenvalue weighted by Crippen LogP contribution is 2.09. The van der Waals surface area contributed by atoms with Crippen LogP contribution in [0.3, 0.4) is 0 Å². The first-order valence-corrected chi connectivity index (χ1v) is 6.15. The van der Waals surface area contributed by atoms with Gasteiger partial charge in [0.1, 0.15) is 0 Å². The maximum Gasteiger partial charge on any atom is 0.0230 e. The van der Waals surface area contributed by atoms with Crippen molar-refractivity contribution < 1.29 is 0 Å². The highest BCUT2D eigenvalue weighted by molar-refractivity contribution is 5.14. The van der Waals surface area contributed by atoms with Crippen molar-refractivity contribution in [2.45, 2.75) is 26.3 Å². The lowest BCUT2D eigenvalue weighted by Gasteiger charge is -2.21. The molecule has 0 saturated heterocycles. The number of hydrogen-bond acceptors (Lipinski definition) is 2. The van der Waals surface area contributed by atoms with E-state index in [4.69, 9.17) is 5.73 Å². The molecule has 0 amide bonds. The first-order chi connectivity index (χ1) is 7.72. The zero-order chi connectivity index (χ0) is 11.8. The van der Waals surface area contributed by atoms with Crippen molar-refractivity contribution in [1.29, 1.82) is 0 Å². The molecule has 1 aromatic carbocycles. The van der Waals surface area contributed by atoms with Gasteiger partial charge in [0.25, 0.3) is 0 Å². The molecular weight excluding hydrogens is 196 g/mol. The van der Waals surface area contributed by atoms with Crippen molar-refractivity contribution in [3.8, 4) is 0 Å². The van der Waals surface area contributed by atoms with Crippen molar-refractivity contribution in [3.05, 3.63) is 35.9 Å². The summed E-state index contributed by atoms with van der Waals surface area (Å²) in [6.07, 6.45) is 2.37. The van der Waals surface area contributed by atoms with Crippen LogP contribution in [0.25, 0.3) is 0 Å². The Morgan fingerprint density at radius 2 is 1.94 bits per heavy atom. The predicted octanol–water partition coefficient (Wildman–Crippen LogP) is 2.49. The van der Waals surface area contributed by atoms with E-state index in [1.165, 1.54) is 12.0 Å². The third-order valence-electron chi connectivity index (χ3n) is 2.82. The van der Waals surface area contributed by atoms with Crippen LogP contribution in [-0.2, 0) is 6.54 Å². The van der Waals surface area contributed by atoms with Crippen LogP contribution in [0.4, 0.5) is 0 Å². The molecule has 0 aliphatic carbocycles. The summed E-state index contributed by atoms with van der Waals surface area (Å²) in [6, 6.07) is 10.6. The molecule has 0 saturated carbocycles. The van der Waals surface area contributed by atoms with Gasteiger partial charge in [0.15, 0.2) is 0 Å². The van der Waals surface area contributed by atoms with Crippen LogP contribution in [-0.4, -0.2) is 25.0 Å². The van der Waals surface area contributed by atoms with Crippen LogP contribution >= 0.6 is 0 Å². The molecule has 1 unspecified atom stereocenters. The van der Waals surface area contributed by atoms with Crippen molar-refractivity contribution in [3.63, 3.8) is 0 Å². The standard InChI is InChI=1S/C14H24N2/c1-13(7-6-10-15)11-16(2)12-14-8-4-3-5-9-14/h3-5,8-9,13H,6-7,10-12,15H2,1-2H3. The molecule has 16 heavy (non-hydrogen) atoms. The van der Waals surface area contributed by atoms with E-state index in [0.29, 0.717) is 0 Å². The minimum absolute atomic E-state index is 0.734. The monoisotopic (exact) mass is 220 g/mol. The molecule has 1 atom stereocenters. The second-order valence-corrected chi connectivity index (χ2v) is 4.72. The third kappa shape index (κ3) is 5.29. The lowest BCUT2D eigenvalue weighted by molar-refractivity contribution is 0.269. The Morgan fingerprint density at radius 1 is 1.25 bits per heavy atom. The average Bonchev–Trinajstić information content (AvgIpc) is 2.27. The number of hydrogen-bond donors (Lipinski definition) is 1. The van der Waals surface area contributed by atoms with Crippen LogP contribution in [0, 0.1) is 5.92 Å². The van der Waals surface area contributed by atoms with Crippen LogP contribution in [0.15, 0.2) is 30.3 Å². The van der Waals surface area contributed by atoms with Gasteiger partial charge in [-0.15, -0.1) is 0 Å². The van der Waals surface area contributed by atoms with Crippen LogP contribution in [0.5, 0.6) is 0 Å². The van der Waals surface area contributed by atoms with Gasteiger partial charge in [-0.1, -0.05) is 37.3 Å². The van der Waals surface area contributed by atoms with E-state index in [2.05, 4.69) is 49.2 Å². The summed E-state index contributed by atoms with van der Waals surface area (Å²) in [5, 5.41) is 0. The Labute approximate surface area is 99.5 Å². The van der Waals surface area contributed by atoms with E-state index in [1.54, 1.807) is 0 Å². The highest BCUT2D eigenvalue weighted by Gasteiger charge is 2.06. The Morgan fingerprint density at radius 3 is 2.56 bits per heavy atom. The van der Waals surface area contributed by atoms with Gasteiger partial charge in [-0.05, 0) is 37.9 Å². The van der Waals surface area contributed by atoms with Gasteiger partial charge < -0.3 is 10.6 Å².